The lowest BCUT2D eigenvalue weighted by Gasteiger charge is -2.40. The minimum absolute atomic E-state index is 0.217. The van der Waals surface area contributed by atoms with Crippen LogP contribution in [0.25, 0.3) is 0 Å². The second-order valence-electron chi connectivity index (χ2n) is 6.84. The van der Waals surface area contributed by atoms with Gasteiger partial charge >= 0.3 is 18.5 Å². The number of benzene rings is 1. The molecule has 0 saturated heterocycles. The smallest absolute Gasteiger partial charge is 0.284 e. The summed E-state index contributed by atoms with van der Waals surface area (Å²) in [6.45, 7) is 0. The molecule has 0 aliphatic heterocycles. The minimum atomic E-state index is -5.19. The van der Waals surface area contributed by atoms with Gasteiger partial charge in [0.25, 0.3) is 0 Å². The Bertz CT molecular complexity index is 1060. The summed E-state index contributed by atoms with van der Waals surface area (Å²) in [4.78, 5) is 23.7. The largest absolute Gasteiger partial charge is 0.399 e. The third-order valence-electron chi connectivity index (χ3n) is 4.55. The number of rotatable bonds is 6. The summed E-state index contributed by atoms with van der Waals surface area (Å²) in [6.07, 6.45) is -6.88. The lowest BCUT2D eigenvalue weighted by atomic mass is 9.66. The Balaban J connectivity index is 2.56. The third kappa shape index (κ3) is 5.60. The van der Waals surface area contributed by atoms with Crippen LogP contribution in [0.2, 0.25) is 0 Å². The Morgan fingerprint density at radius 1 is 1.09 bits per heavy atom. The molecule has 2 amide bonds. The summed E-state index contributed by atoms with van der Waals surface area (Å²) in [6, 6.07) is 4.04. The van der Waals surface area contributed by atoms with Gasteiger partial charge in [-0.05, 0) is 18.6 Å². The average Bonchev–Trinajstić information content (AvgIpc) is 2.67. The zero-order valence-electron chi connectivity index (χ0n) is 16.2. The summed E-state index contributed by atoms with van der Waals surface area (Å²) < 4.78 is 107. The topological polar surface area (TPSA) is 104 Å². The van der Waals surface area contributed by atoms with Gasteiger partial charge in [0, 0.05) is 11.3 Å². The maximum Gasteiger partial charge on any atom is 0.399 e. The number of carbonyl (C=O) groups excluding carboxylic acids is 2. The molecule has 1 aromatic rings. The molecule has 0 saturated carbocycles. The highest BCUT2D eigenvalue weighted by Crippen LogP contribution is 2.54. The van der Waals surface area contributed by atoms with E-state index in [1.54, 1.807) is 0 Å². The van der Waals surface area contributed by atoms with E-state index in [9.17, 15) is 44.3 Å². The number of sulfonamides is 1. The van der Waals surface area contributed by atoms with Gasteiger partial charge in [0.1, 0.15) is 11.2 Å². The molecular weight excluding hydrogens is 468 g/mol. The van der Waals surface area contributed by atoms with Crippen LogP contribution < -0.4 is 15.6 Å². The van der Waals surface area contributed by atoms with Crippen molar-refractivity contribution in [1.82, 2.24) is 15.6 Å². The predicted octanol–water partition coefficient (Wildman–Crippen LogP) is 2.26. The summed E-state index contributed by atoms with van der Waals surface area (Å²) in [7, 11) is -3.83. The van der Waals surface area contributed by atoms with E-state index in [1.165, 1.54) is 16.9 Å². The van der Waals surface area contributed by atoms with Crippen LogP contribution in [-0.4, -0.2) is 39.1 Å². The van der Waals surface area contributed by atoms with Gasteiger partial charge < -0.3 is 0 Å². The van der Waals surface area contributed by atoms with E-state index in [2.05, 4.69) is 0 Å². The van der Waals surface area contributed by atoms with Crippen LogP contribution in [0, 0.1) is 11.2 Å². The van der Waals surface area contributed by atoms with E-state index in [0.717, 1.165) is 36.6 Å². The van der Waals surface area contributed by atoms with Gasteiger partial charge in [-0.15, -0.1) is 0 Å². The number of hydrogen-bond acceptors (Lipinski definition) is 4. The Morgan fingerprint density at radius 3 is 2.16 bits per heavy atom. The number of amides is 2. The van der Waals surface area contributed by atoms with E-state index in [0.29, 0.717) is 6.08 Å². The fourth-order valence-electron chi connectivity index (χ4n) is 3.14. The lowest BCUT2D eigenvalue weighted by Crippen LogP contribution is -2.53. The summed E-state index contributed by atoms with van der Waals surface area (Å²) in [5.41, 5.74) is -1.26. The Kier molecular flexibility index (Phi) is 7.27. The zero-order chi connectivity index (χ0) is 24.3. The molecule has 0 spiro atoms. The second kappa shape index (κ2) is 9.22. The molecule has 1 aliphatic carbocycles. The van der Waals surface area contributed by atoms with Crippen molar-refractivity contribution in [3.8, 4) is 0 Å². The number of hydrogen-bond donors (Lipinski definition) is 3. The van der Waals surface area contributed by atoms with Gasteiger partial charge in [0.2, 0.25) is 15.9 Å². The Morgan fingerprint density at radius 2 is 1.69 bits per heavy atom. The van der Waals surface area contributed by atoms with Crippen LogP contribution in [0.4, 0.5) is 26.3 Å². The third-order valence-corrected chi connectivity index (χ3v) is 5.16. The molecule has 2 unspecified atom stereocenters. The molecule has 0 fully saturated rings. The van der Waals surface area contributed by atoms with E-state index in [-0.39, 0.29) is 5.70 Å². The summed E-state index contributed by atoms with van der Waals surface area (Å²) in [5.74, 6) is -7.15. The molecule has 0 bridgehead atoms. The van der Waals surface area contributed by atoms with Crippen LogP contribution in [-0.2, 0) is 19.6 Å². The average molecular weight is 485 g/mol. The molecule has 7 nitrogen and oxygen atoms in total. The summed E-state index contributed by atoms with van der Waals surface area (Å²) >= 11 is 0. The van der Waals surface area contributed by atoms with Crippen molar-refractivity contribution in [2.45, 2.75) is 24.9 Å². The second-order valence-corrected chi connectivity index (χ2v) is 8.59. The van der Waals surface area contributed by atoms with Gasteiger partial charge in [0.15, 0.2) is 0 Å². The van der Waals surface area contributed by atoms with Crippen LogP contribution in [0.15, 0.2) is 48.2 Å². The van der Waals surface area contributed by atoms with Crippen molar-refractivity contribution in [1.29, 1.82) is 0 Å². The van der Waals surface area contributed by atoms with Crippen LogP contribution >= 0.6 is 0 Å². The fraction of sp³-hybridized carbons (Fsp3) is 0.333. The van der Waals surface area contributed by atoms with E-state index in [4.69, 9.17) is 0 Å². The highest BCUT2D eigenvalue weighted by atomic mass is 32.2. The Labute approximate surface area is 178 Å². The van der Waals surface area contributed by atoms with Crippen LogP contribution in [0.3, 0.4) is 0 Å². The van der Waals surface area contributed by atoms with Crippen molar-refractivity contribution in [2.75, 3.05) is 6.26 Å². The number of alkyl halides is 5. The molecule has 1 aliphatic rings. The van der Waals surface area contributed by atoms with Crippen molar-refractivity contribution in [3.05, 3.63) is 59.6 Å². The first-order chi connectivity index (χ1) is 14.7. The van der Waals surface area contributed by atoms with E-state index < -0.39 is 63.6 Å². The molecule has 2 atom stereocenters. The van der Waals surface area contributed by atoms with Crippen LogP contribution in [0.5, 0.6) is 0 Å². The van der Waals surface area contributed by atoms with Gasteiger partial charge in [0.05, 0.1) is 12.2 Å². The quantitative estimate of drug-likeness (QED) is 0.425. The van der Waals surface area contributed by atoms with Gasteiger partial charge in [-0.1, -0.05) is 30.4 Å². The molecule has 0 radical (unpaired) electrons. The van der Waals surface area contributed by atoms with E-state index in [1.807, 2.05) is 4.72 Å². The molecule has 14 heteroatoms. The minimum Gasteiger partial charge on any atom is -0.284 e. The van der Waals surface area contributed by atoms with Gasteiger partial charge in [-0.2, -0.15) is 22.0 Å². The van der Waals surface area contributed by atoms with Crippen LogP contribution in [0.1, 0.15) is 17.9 Å². The van der Waals surface area contributed by atoms with Crippen molar-refractivity contribution in [2.24, 2.45) is 5.41 Å². The number of allylic oxidation sites excluding steroid dienone is 3. The number of carbonyl (C=O) groups is 2. The monoisotopic (exact) mass is 485 g/mol. The summed E-state index contributed by atoms with van der Waals surface area (Å²) in [5, 5.41) is 0. The SMILES string of the molecule is CS(=O)(=O)NC1=CCC(C(C(=O)NNC(=O)C(F)F)c2ccccc2F)(C(F)(F)F)C=C1. The molecule has 3 N–H and O–H groups in total. The first kappa shape index (κ1) is 25.2. The molecular formula is C18H17F6N3O4S. The predicted molar refractivity (Wildman–Crippen MR) is 99.7 cm³/mol. The highest BCUT2D eigenvalue weighted by molar-refractivity contribution is 7.88. The van der Waals surface area contributed by atoms with Crippen molar-refractivity contribution >= 4 is 21.8 Å². The lowest BCUT2D eigenvalue weighted by molar-refractivity contribution is -0.214. The molecule has 0 aromatic heterocycles. The van der Waals surface area contributed by atoms with Gasteiger partial charge in [-0.25, -0.2) is 12.8 Å². The normalized spacial score (nSPS) is 19.8. The molecule has 176 valence electrons. The zero-order valence-corrected chi connectivity index (χ0v) is 17.0. The number of hydrazine groups is 1. The highest BCUT2D eigenvalue weighted by Gasteiger charge is 2.60. The molecule has 1 aromatic carbocycles. The maximum absolute atomic E-state index is 14.5. The van der Waals surface area contributed by atoms with Crippen molar-refractivity contribution in [3.63, 3.8) is 0 Å². The number of nitrogens with one attached hydrogen (secondary N) is 3. The van der Waals surface area contributed by atoms with Gasteiger partial charge in [-0.3, -0.25) is 25.2 Å². The Hall–Kier alpha value is -3.03. The molecule has 2 rings (SSSR count). The first-order valence-corrected chi connectivity index (χ1v) is 10.6. The molecule has 32 heavy (non-hydrogen) atoms. The number of halogens is 6. The van der Waals surface area contributed by atoms with Crippen molar-refractivity contribution < 1.29 is 44.3 Å². The maximum atomic E-state index is 14.5. The fourth-order valence-corrected chi connectivity index (χ4v) is 3.72. The van der Waals surface area contributed by atoms with E-state index >= 15 is 0 Å². The molecule has 0 heterocycles. The first-order valence-electron chi connectivity index (χ1n) is 8.74. The standard InChI is InChI=1S/C18H17F6N3O4S/c1-32(30,31)27-10-6-8-17(9-7-10,18(22,23)24)13(11-4-2-3-5-12(11)19)15(28)25-26-16(29)14(20)21/h2-8,13-14,27H,9H2,1H3,(H,25,28)(H,26,29).